The van der Waals surface area contributed by atoms with Crippen molar-refractivity contribution >= 4 is 26.7 Å². The first kappa shape index (κ1) is 16.5. The molecule has 0 aliphatic heterocycles. The minimum atomic E-state index is 0.0205. The highest BCUT2D eigenvalue weighted by molar-refractivity contribution is 7.22. The van der Waals surface area contributed by atoms with E-state index >= 15 is 0 Å². The smallest absolute Gasteiger partial charge is 0.185 e. The lowest BCUT2D eigenvalue weighted by Gasteiger charge is -2.22. The molecule has 0 amide bonds. The van der Waals surface area contributed by atoms with Gasteiger partial charge in [-0.2, -0.15) is 0 Å². The molecule has 2 nitrogen and oxygen atoms in total. The molecule has 0 N–H and O–H groups in total. The summed E-state index contributed by atoms with van der Waals surface area (Å²) < 4.78 is 1.24. The molecule has 1 aromatic heterocycles. The Hall–Kier alpha value is -2.65. The number of para-hydroxylation sites is 1. The fraction of sp³-hybridized carbons (Fsp3) is 0.208. The number of fused-ring (bicyclic) bond motifs is 4. The molecule has 0 unspecified atom stereocenters. The highest BCUT2D eigenvalue weighted by Gasteiger charge is 2.35. The Morgan fingerprint density at radius 1 is 0.815 bits per heavy atom. The summed E-state index contributed by atoms with van der Waals surface area (Å²) in [6.45, 7) is 4.66. The topological polar surface area (TPSA) is 16.1 Å². The number of nitrogens with zero attached hydrogens (tertiary/aromatic N) is 2. The van der Waals surface area contributed by atoms with E-state index in [2.05, 4.69) is 79.4 Å². The largest absolute Gasteiger partial charge is 0.354 e. The number of anilines is 1. The van der Waals surface area contributed by atoms with E-state index in [0.717, 1.165) is 10.6 Å². The number of hydrogen-bond donors (Lipinski definition) is 0. The van der Waals surface area contributed by atoms with E-state index in [9.17, 15) is 0 Å². The molecule has 134 valence electrons. The summed E-state index contributed by atoms with van der Waals surface area (Å²) in [5.41, 5.74) is 9.12. The highest BCUT2D eigenvalue weighted by Crippen LogP contribution is 2.49. The quantitative estimate of drug-likeness (QED) is 0.409. The van der Waals surface area contributed by atoms with Crippen LogP contribution in [-0.2, 0) is 5.41 Å². The number of benzene rings is 3. The Morgan fingerprint density at radius 2 is 1.56 bits per heavy atom. The maximum atomic E-state index is 4.90. The molecular formula is C24H22N2S. The van der Waals surface area contributed by atoms with Crippen LogP contribution in [0.15, 0.2) is 60.7 Å². The Morgan fingerprint density at radius 3 is 2.37 bits per heavy atom. The van der Waals surface area contributed by atoms with Gasteiger partial charge in [0.2, 0.25) is 0 Å². The molecule has 0 radical (unpaired) electrons. The third-order valence-electron chi connectivity index (χ3n) is 5.68. The molecule has 1 heterocycles. The average Bonchev–Trinajstić information content (AvgIpc) is 3.20. The number of aromatic nitrogens is 1. The van der Waals surface area contributed by atoms with Gasteiger partial charge in [0.1, 0.15) is 0 Å². The minimum Gasteiger partial charge on any atom is -0.354 e. The molecule has 0 spiro atoms. The molecular weight excluding hydrogens is 348 g/mol. The Balaban J connectivity index is 1.72. The van der Waals surface area contributed by atoms with Gasteiger partial charge in [-0.25, -0.2) is 4.98 Å². The van der Waals surface area contributed by atoms with E-state index in [-0.39, 0.29) is 5.41 Å². The molecule has 0 saturated carbocycles. The molecule has 0 bridgehead atoms. The molecule has 3 aromatic carbocycles. The van der Waals surface area contributed by atoms with E-state index in [4.69, 9.17) is 4.98 Å². The zero-order valence-corrected chi connectivity index (χ0v) is 16.9. The van der Waals surface area contributed by atoms with Crippen LogP contribution in [0.5, 0.6) is 0 Å². The fourth-order valence-corrected chi connectivity index (χ4v) is 5.15. The zero-order chi connectivity index (χ0) is 18.8. The summed E-state index contributed by atoms with van der Waals surface area (Å²) in [6, 6.07) is 22.2. The molecule has 0 fully saturated rings. The summed E-state index contributed by atoms with van der Waals surface area (Å²) >= 11 is 1.74. The van der Waals surface area contributed by atoms with Gasteiger partial charge in [0.15, 0.2) is 5.13 Å². The van der Waals surface area contributed by atoms with Crippen molar-refractivity contribution < 1.29 is 0 Å². The van der Waals surface area contributed by atoms with E-state index in [1.165, 1.54) is 38.1 Å². The van der Waals surface area contributed by atoms with Crippen LogP contribution in [0.2, 0.25) is 0 Å². The molecule has 4 aromatic rings. The van der Waals surface area contributed by atoms with Gasteiger partial charge in [-0.15, -0.1) is 0 Å². The predicted molar refractivity (Wildman–Crippen MR) is 117 cm³/mol. The molecule has 3 heteroatoms. The Labute approximate surface area is 164 Å². The maximum Gasteiger partial charge on any atom is 0.185 e. The standard InChI is InChI=1S/C24H22N2S/c1-24(2)19-10-6-5-8-17(19)18-13-12-15(14-20(18)24)16-9-7-11-21-22(16)25-23(27-21)26(3)4/h5-14H,1-4H3. The van der Waals surface area contributed by atoms with Gasteiger partial charge < -0.3 is 4.90 Å². The van der Waals surface area contributed by atoms with Crippen LogP contribution in [0.1, 0.15) is 25.0 Å². The van der Waals surface area contributed by atoms with E-state index in [1.807, 2.05) is 14.1 Å². The number of hydrogen-bond acceptors (Lipinski definition) is 3. The lowest BCUT2D eigenvalue weighted by molar-refractivity contribution is 0.660. The molecule has 0 atom stereocenters. The fourth-order valence-electron chi connectivity index (χ4n) is 4.23. The lowest BCUT2D eigenvalue weighted by atomic mass is 9.81. The summed E-state index contributed by atoms with van der Waals surface area (Å²) in [5, 5.41) is 1.05. The summed E-state index contributed by atoms with van der Waals surface area (Å²) in [4.78, 5) is 6.98. The van der Waals surface area contributed by atoms with Gasteiger partial charge in [-0.3, -0.25) is 0 Å². The van der Waals surface area contributed by atoms with Crippen LogP contribution >= 0.6 is 11.3 Å². The second-order valence-corrected chi connectivity index (χ2v) is 8.98. The van der Waals surface area contributed by atoms with Crippen molar-refractivity contribution in [1.29, 1.82) is 0 Å². The van der Waals surface area contributed by atoms with Gasteiger partial charge in [0.05, 0.1) is 10.2 Å². The molecule has 27 heavy (non-hydrogen) atoms. The van der Waals surface area contributed by atoms with Gasteiger partial charge in [-0.05, 0) is 39.9 Å². The van der Waals surface area contributed by atoms with Gasteiger partial charge in [0.25, 0.3) is 0 Å². The van der Waals surface area contributed by atoms with E-state index < -0.39 is 0 Å². The van der Waals surface area contributed by atoms with Crippen molar-refractivity contribution in [3.05, 3.63) is 71.8 Å². The van der Waals surface area contributed by atoms with Crippen molar-refractivity contribution in [3.63, 3.8) is 0 Å². The van der Waals surface area contributed by atoms with E-state index in [1.54, 1.807) is 11.3 Å². The van der Waals surface area contributed by atoms with E-state index in [0.29, 0.717) is 0 Å². The monoisotopic (exact) mass is 370 g/mol. The number of thiazole rings is 1. The first-order chi connectivity index (χ1) is 13.0. The number of rotatable bonds is 2. The van der Waals surface area contributed by atoms with Crippen LogP contribution in [0.25, 0.3) is 32.5 Å². The van der Waals surface area contributed by atoms with Gasteiger partial charge in [-0.1, -0.05) is 73.7 Å². The first-order valence-electron chi connectivity index (χ1n) is 9.28. The molecule has 5 rings (SSSR count). The van der Waals surface area contributed by atoms with Crippen molar-refractivity contribution in [2.24, 2.45) is 0 Å². The predicted octanol–water partition coefficient (Wildman–Crippen LogP) is 6.34. The first-order valence-corrected chi connectivity index (χ1v) is 10.1. The van der Waals surface area contributed by atoms with Crippen molar-refractivity contribution in [2.45, 2.75) is 19.3 Å². The van der Waals surface area contributed by atoms with Crippen LogP contribution in [0.4, 0.5) is 5.13 Å². The average molecular weight is 371 g/mol. The van der Waals surface area contributed by atoms with Crippen LogP contribution in [-0.4, -0.2) is 19.1 Å². The van der Waals surface area contributed by atoms with Crippen LogP contribution in [0.3, 0.4) is 0 Å². The Bertz CT molecular complexity index is 1180. The second-order valence-electron chi connectivity index (χ2n) is 7.97. The van der Waals surface area contributed by atoms with Gasteiger partial charge >= 0.3 is 0 Å². The highest BCUT2D eigenvalue weighted by atomic mass is 32.1. The van der Waals surface area contributed by atoms with Crippen LogP contribution in [0, 0.1) is 0 Å². The molecule has 1 aliphatic rings. The SMILES string of the molecule is CN(C)c1nc2c(-c3ccc4c(c3)C(C)(C)c3ccccc3-4)cccc2s1. The third-order valence-corrected chi connectivity index (χ3v) is 6.87. The van der Waals surface area contributed by atoms with Crippen LogP contribution < -0.4 is 4.90 Å². The third kappa shape index (κ3) is 2.35. The second kappa shape index (κ2) is 5.67. The lowest BCUT2D eigenvalue weighted by Crippen LogP contribution is -2.14. The Kier molecular flexibility index (Phi) is 3.47. The zero-order valence-electron chi connectivity index (χ0n) is 16.1. The summed E-state index contributed by atoms with van der Waals surface area (Å²) in [6.07, 6.45) is 0. The summed E-state index contributed by atoms with van der Waals surface area (Å²) in [5.74, 6) is 0. The normalized spacial score (nSPS) is 14.2. The van der Waals surface area contributed by atoms with Crippen molar-refractivity contribution in [3.8, 4) is 22.3 Å². The maximum absolute atomic E-state index is 4.90. The van der Waals surface area contributed by atoms with Crippen molar-refractivity contribution in [2.75, 3.05) is 19.0 Å². The minimum absolute atomic E-state index is 0.0205. The summed E-state index contributed by atoms with van der Waals surface area (Å²) in [7, 11) is 4.10. The van der Waals surface area contributed by atoms with Crippen molar-refractivity contribution in [1.82, 2.24) is 4.98 Å². The molecule has 0 saturated heterocycles. The van der Waals surface area contributed by atoms with Gasteiger partial charge in [0, 0.05) is 25.1 Å². The molecule has 1 aliphatic carbocycles.